The van der Waals surface area contributed by atoms with Crippen LogP contribution in [0, 0.1) is 5.92 Å². The molecule has 0 nitrogen and oxygen atoms in total. The predicted molar refractivity (Wildman–Crippen MR) is 66.3 cm³/mol. The molecule has 0 aromatic heterocycles. The van der Waals surface area contributed by atoms with Gasteiger partial charge in [-0.25, -0.2) is 0 Å². The van der Waals surface area contributed by atoms with Gasteiger partial charge >= 0.3 is 0 Å². The Kier molecular flexibility index (Phi) is 25.8. The Morgan fingerprint density at radius 1 is 0.846 bits per heavy atom. The van der Waals surface area contributed by atoms with Crippen molar-refractivity contribution in [2.24, 2.45) is 5.92 Å². The molecule has 0 heteroatoms. The Bertz CT molecular complexity index is 57.1. The van der Waals surface area contributed by atoms with Gasteiger partial charge in [0.2, 0.25) is 0 Å². The molecule has 0 aromatic rings. The summed E-state index contributed by atoms with van der Waals surface area (Å²) in [6.07, 6.45) is 8.45. The third-order valence-corrected chi connectivity index (χ3v) is 2.08. The van der Waals surface area contributed by atoms with Crippen LogP contribution in [0.15, 0.2) is 0 Å². The molecule has 13 heavy (non-hydrogen) atoms. The number of hydrogen-bond donors (Lipinski definition) is 0. The molecule has 0 aliphatic rings. The molecule has 0 aliphatic carbocycles. The first-order valence-corrected chi connectivity index (χ1v) is 5.81. The fourth-order valence-electron chi connectivity index (χ4n) is 1.38. The summed E-state index contributed by atoms with van der Waals surface area (Å²) in [5.74, 6) is 0.969. The summed E-state index contributed by atoms with van der Waals surface area (Å²) in [4.78, 5) is 0. The van der Waals surface area contributed by atoms with Crippen LogP contribution in [-0.2, 0) is 0 Å². The number of unbranched alkanes of at least 4 members (excludes halogenated alkanes) is 2. The third kappa shape index (κ3) is 18.8. The van der Waals surface area contributed by atoms with Crippen molar-refractivity contribution in [2.75, 3.05) is 0 Å². The molecule has 0 aliphatic heterocycles. The Balaban J connectivity index is -0.000000309. The number of hydrogen-bond acceptors (Lipinski definition) is 0. The van der Waals surface area contributed by atoms with Crippen molar-refractivity contribution in [2.45, 2.75) is 80.6 Å². The lowest BCUT2D eigenvalue weighted by Crippen LogP contribution is -1.92. The second kappa shape index (κ2) is 17.9. The van der Waals surface area contributed by atoms with Gasteiger partial charge in [-0.05, 0) is 5.92 Å². The van der Waals surface area contributed by atoms with Crippen molar-refractivity contribution < 1.29 is 0 Å². The largest absolute Gasteiger partial charge is 0.0776 e. The Morgan fingerprint density at radius 2 is 1.38 bits per heavy atom. The molecular formula is C13H32. The van der Waals surface area contributed by atoms with Gasteiger partial charge in [0, 0.05) is 0 Å². The van der Waals surface area contributed by atoms with E-state index in [1.807, 2.05) is 13.8 Å². The van der Waals surface area contributed by atoms with Gasteiger partial charge in [0.05, 0.1) is 0 Å². The average molecular weight is 188 g/mol. The van der Waals surface area contributed by atoms with Crippen LogP contribution in [0.2, 0.25) is 0 Å². The van der Waals surface area contributed by atoms with Crippen LogP contribution in [0.1, 0.15) is 80.6 Å². The minimum Gasteiger partial charge on any atom is -0.0776 e. The van der Waals surface area contributed by atoms with E-state index in [2.05, 4.69) is 20.8 Å². The van der Waals surface area contributed by atoms with Gasteiger partial charge in [-0.3, -0.25) is 0 Å². The molecule has 0 rings (SSSR count). The van der Waals surface area contributed by atoms with Crippen molar-refractivity contribution in [1.82, 2.24) is 0 Å². The van der Waals surface area contributed by atoms with Crippen LogP contribution in [0.25, 0.3) is 0 Å². The van der Waals surface area contributed by atoms with E-state index >= 15 is 0 Å². The van der Waals surface area contributed by atoms with Crippen LogP contribution in [-0.4, -0.2) is 0 Å². The summed E-state index contributed by atoms with van der Waals surface area (Å²) in [6.45, 7) is 10.9. The maximum Gasteiger partial charge on any atom is -0.0443 e. The summed E-state index contributed by atoms with van der Waals surface area (Å²) in [6, 6.07) is 0. The standard InChI is InChI=1S/C10H22.C2H6.CH4/c1-4-6-7-9-10(3)8-5-2;1-2;/h10H,4-9H2,1-3H3;1-2H3;1H4. The van der Waals surface area contributed by atoms with Gasteiger partial charge < -0.3 is 0 Å². The lowest BCUT2D eigenvalue weighted by atomic mass is 9.99. The second-order valence-electron chi connectivity index (χ2n) is 3.39. The average Bonchev–Trinajstić information content (AvgIpc) is 2.09. The quantitative estimate of drug-likeness (QED) is 0.471. The van der Waals surface area contributed by atoms with E-state index in [0.29, 0.717) is 0 Å². The molecule has 0 saturated heterocycles. The van der Waals surface area contributed by atoms with E-state index in [-0.39, 0.29) is 7.43 Å². The highest BCUT2D eigenvalue weighted by atomic mass is 14.0. The zero-order chi connectivity index (χ0) is 9.82. The van der Waals surface area contributed by atoms with E-state index in [4.69, 9.17) is 0 Å². The Labute approximate surface area is 87.1 Å². The monoisotopic (exact) mass is 188 g/mol. The minimum absolute atomic E-state index is 0. The van der Waals surface area contributed by atoms with E-state index in [0.717, 1.165) is 5.92 Å². The van der Waals surface area contributed by atoms with Crippen molar-refractivity contribution in [3.63, 3.8) is 0 Å². The summed E-state index contributed by atoms with van der Waals surface area (Å²) < 4.78 is 0. The normalized spacial score (nSPS) is 10.8. The topological polar surface area (TPSA) is 0 Å². The van der Waals surface area contributed by atoms with E-state index in [9.17, 15) is 0 Å². The Morgan fingerprint density at radius 3 is 1.77 bits per heavy atom. The molecule has 0 radical (unpaired) electrons. The van der Waals surface area contributed by atoms with Gasteiger partial charge in [0.25, 0.3) is 0 Å². The molecular weight excluding hydrogens is 156 g/mol. The summed E-state index contributed by atoms with van der Waals surface area (Å²) >= 11 is 0. The van der Waals surface area contributed by atoms with Crippen molar-refractivity contribution in [3.05, 3.63) is 0 Å². The zero-order valence-electron chi connectivity index (χ0n) is 9.82. The molecule has 0 bridgehead atoms. The van der Waals surface area contributed by atoms with Gasteiger partial charge in [0.15, 0.2) is 0 Å². The number of rotatable bonds is 6. The summed E-state index contributed by atoms with van der Waals surface area (Å²) in [7, 11) is 0. The van der Waals surface area contributed by atoms with Crippen LogP contribution < -0.4 is 0 Å². The highest BCUT2D eigenvalue weighted by molar-refractivity contribution is 4.51. The molecule has 0 amide bonds. The molecule has 0 heterocycles. The maximum absolute atomic E-state index is 2.37. The molecule has 1 unspecified atom stereocenters. The molecule has 0 fully saturated rings. The lowest BCUT2D eigenvalue weighted by Gasteiger charge is -2.07. The van der Waals surface area contributed by atoms with E-state index in [1.54, 1.807) is 0 Å². The van der Waals surface area contributed by atoms with Gasteiger partial charge in [0.1, 0.15) is 0 Å². The van der Waals surface area contributed by atoms with E-state index < -0.39 is 0 Å². The van der Waals surface area contributed by atoms with Crippen molar-refractivity contribution in [1.29, 1.82) is 0 Å². The first kappa shape index (κ1) is 18.7. The lowest BCUT2D eigenvalue weighted by molar-refractivity contribution is 0.459. The van der Waals surface area contributed by atoms with Gasteiger partial charge in [-0.2, -0.15) is 0 Å². The van der Waals surface area contributed by atoms with Gasteiger partial charge in [-0.15, -0.1) is 0 Å². The molecule has 84 valence electrons. The first-order valence-electron chi connectivity index (χ1n) is 5.81. The minimum atomic E-state index is 0. The van der Waals surface area contributed by atoms with Crippen LogP contribution in [0.5, 0.6) is 0 Å². The van der Waals surface area contributed by atoms with Crippen molar-refractivity contribution >= 4 is 0 Å². The molecule has 0 saturated carbocycles. The highest BCUT2D eigenvalue weighted by Crippen LogP contribution is 2.13. The zero-order valence-corrected chi connectivity index (χ0v) is 9.82. The van der Waals surface area contributed by atoms with Crippen LogP contribution >= 0.6 is 0 Å². The highest BCUT2D eigenvalue weighted by Gasteiger charge is 1.98. The predicted octanol–water partition coefficient (Wildman–Crippen LogP) is 5.67. The fraction of sp³-hybridized carbons (Fsp3) is 1.00. The fourth-order valence-corrected chi connectivity index (χ4v) is 1.38. The van der Waals surface area contributed by atoms with Crippen LogP contribution in [0.4, 0.5) is 0 Å². The smallest absolute Gasteiger partial charge is 0.0443 e. The van der Waals surface area contributed by atoms with Crippen molar-refractivity contribution in [3.8, 4) is 0 Å². The first-order chi connectivity index (χ1) is 5.81. The SMILES string of the molecule is C.CC.CCCCCC(C)CCC. The van der Waals surface area contributed by atoms with Gasteiger partial charge in [-0.1, -0.05) is 80.6 Å². The third-order valence-electron chi connectivity index (χ3n) is 2.08. The molecule has 0 N–H and O–H groups in total. The molecule has 0 spiro atoms. The summed E-state index contributed by atoms with van der Waals surface area (Å²) in [5, 5.41) is 0. The second-order valence-corrected chi connectivity index (χ2v) is 3.39. The summed E-state index contributed by atoms with van der Waals surface area (Å²) in [5.41, 5.74) is 0. The Hall–Kier alpha value is 0. The molecule has 0 aromatic carbocycles. The maximum atomic E-state index is 2.37. The van der Waals surface area contributed by atoms with E-state index in [1.165, 1.54) is 38.5 Å². The molecule has 1 atom stereocenters. The van der Waals surface area contributed by atoms with Crippen LogP contribution in [0.3, 0.4) is 0 Å².